The molecule has 7 nitrogen and oxygen atoms in total. The maximum absolute atomic E-state index is 13.8. The molecule has 3 rings (SSSR count). The normalized spacial score (nSPS) is 12.1. The highest BCUT2D eigenvalue weighted by Gasteiger charge is 2.33. The molecule has 0 spiro atoms. The second-order valence-corrected chi connectivity index (χ2v) is 10.8. The molecule has 0 aliphatic carbocycles. The van der Waals surface area contributed by atoms with Crippen molar-refractivity contribution in [1.29, 1.82) is 0 Å². The SMILES string of the molecule is CC[C@H](C(=O)NC(C)C)N(Cc1ccccc1)C(=O)CN(c1ccccc1)S(=O)(=O)c1ccc(F)cc1. The quantitative estimate of drug-likeness (QED) is 0.403. The van der Waals surface area contributed by atoms with E-state index in [0.717, 1.165) is 34.1 Å². The molecule has 196 valence electrons. The van der Waals surface area contributed by atoms with Crippen molar-refractivity contribution in [2.24, 2.45) is 0 Å². The summed E-state index contributed by atoms with van der Waals surface area (Å²) in [5, 5.41) is 2.86. The molecular weight excluding hydrogens is 493 g/mol. The molecule has 37 heavy (non-hydrogen) atoms. The number of nitrogens with one attached hydrogen (secondary N) is 1. The van der Waals surface area contributed by atoms with Crippen molar-refractivity contribution in [3.63, 3.8) is 0 Å². The summed E-state index contributed by atoms with van der Waals surface area (Å²) in [4.78, 5) is 28.2. The number of halogens is 1. The van der Waals surface area contributed by atoms with E-state index >= 15 is 0 Å². The molecule has 2 amide bonds. The van der Waals surface area contributed by atoms with Crippen LogP contribution in [0.1, 0.15) is 32.8 Å². The topological polar surface area (TPSA) is 86.8 Å². The first kappa shape index (κ1) is 27.9. The van der Waals surface area contributed by atoms with Crippen molar-refractivity contribution in [2.45, 2.75) is 50.7 Å². The van der Waals surface area contributed by atoms with Crippen molar-refractivity contribution in [3.05, 3.63) is 96.3 Å². The molecule has 0 radical (unpaired) electrons. The van der Waals surface area contributed by atoms with Crippen LogP contribution in [0.25, 0.3) is 0 Å². The molecule has 1 N–H and O–H groups in total. The standard InChI is InChI=1S/C28H32FN3O4S/c1-4-26(28(34)30-21(2)3)31(19-22-11-7-5-8-12-22)27(33)20-32(24-13-9-6-10-14-24)37(35,36)25-17-15-23(29)16-18-25/h5-18,21,26H,4,19-20H2,1-3H3,(H,30,34)/t26-/m1/s1. The summed E-state index contributed by atoms with van der Waals surface area (Å²) in [5.74, 6) is -1.42. The van der Waals surface area contributed by atoms with Gasteiger partial charge in [0.2, 0.25) is 11.8 Å². The van der Waals surface area contributed by atoms with Crippen LogP contribution in [0.5, 0.6) is 0 Å². The lowest BCUT2D eigenvalue weighted by Crippen LogP contribution is -2.53. The van der Waals surface area contributed by atoms with Gasteiger partial charge in [-0.3, -0.25) is 13.9 Å². The van der Waals surface area contributed by atoms with Crippen LogP contribution in [0, 0.1) is 5.82 Å². The molecule has 0 aliphatic rings. The van der Waals surface area contributed by atoms with E-state index in [1.165, 1.54) is 4.90 Å². The predicted molar refractivity (Wildman–Crippen MR) is 142 cm³/mol. The summed E-state index contributed by atoms with van der Waals surface area (Å²) in [6, 6.07) is 21.0. The van der Waals surface area contributed by atoms with Gasteiger partial charge in [-0.2, -0.15) is 0 Å². The number of nitrogens with zero attached hydrogens (tertiary/aromatic N) is 2. The van der Waals surface area contributed by atoms with Crippen molar-refractivity contribution < 1.29 is 22.4 Å². The maximum atomic E-state index is 13.8. The van der Waals surface area contributed by atoms with Gasteiger partial charge >= 0.3 is 0 Å². The van der Waals surface area contributed by atoms with Crippen molar-refractivity contribution in [1.82, 2.24) is 10.2 Å². The molecule has 0 bridgehead atoms. The summed E-state index contributed by atoms with van der Waals surface area (Å²) < 4.78 is 41.8. The number of para-hydroxylation sites is 1. The summed E-state index contributed by atoms with van der Waals surface area (Å²) in [6.45, 7) is 5.06. The Kier molecular flexibility index (Phi) is 9.41. The van der Waals surface area contributed by atoms with E-state index in [2.05, 4.69) is 5.32 Å². The zero-order valence-corrected chi connectivity index (χ0v) is 22.0. The van der Waals surface area contributed by atoms with Gasteiger partial charge in [-0.15, -0.1) is 0 Å². The fourth-order valence-corrected chi connectivity index (χ4v) is 5.35. The lowest BCUT2D eigenvalue weighted by atomic mass is 10.1. The van der Waals surface area contributed by atoms with E-state index in [9.17, 15) is 22.4 Å². The summed E-state index contributed by atoms with van der Waals surface area (Å²) in [7, 11) is -4.23. The second kappa shape index (κ2) is 12.5. The first-order chi connectivity index (χ1) is 17.6. The summed E-state index contributed by atoms with van der Waals surface area (Å²) in [5.41, 5.74) is 1.08. The Morgan fingerprint density at radius 2 is 1.46 bits per heavy atom. The first-order valence-electron chi connectivity index (χ1n) is 12.1. The van der Waals surface area contributed by atoms with Crippen LogP contribution < -0.4 is 9.62 Å². The van der Waals surface area contributed by atoms with Gasteiger partial charge in [0, 0.05) is 12.6 Å². The van der Waals surface area contributed by atoms with Crippen LogP contribution in [0.3, 0.4) is 0 Å². The number of carbonyl (C=O) groups is 2. The van der Waals surface area contributed by atoms with Crippen LogP contribution in [0.4, 0.5) is 10.1 Å². The Bertz CT molecular complexity index is 1280. The average Bonchev–Trinajstić information content (AvgIpc) is 2.88. The van der Waals surface area contributed by atoms with Crippen LogP contribution in [-0.4, -0.2) is 43.8 Å². The van der Waals surface area contributed by atoms with Crippen LogP contribution in [0.2, 0.25) is 0 Å². The Hall–Kier alpha value is -3.72. The van der Waals surface area contributed by atoms with E-state index in [-0.39, 0.29) is 29.1 Å². The number of hydrogen-bond donors (Lipinski definition) is 1. The van der Waals surface area contributed by atoms with Gasteiger partial charge in [-0.25, -0.2) is 12.8 Å². The minimum Gasteiger partial charge on any atom is -0.352 e. The first-order valence-corrected chi connectivity index (χ1v) is 13.5. The largest absolute Gasteiger partial charge is 0.352 e. The molecule has 0 aromatic heterocycles. The van der Waals surface area contributed by atoms with E-state index < -0.39 is 34.3 Å². The second-order valence-electron chi connectivity index (χ2n) is 8.90. The number of hydrogen-bond acceptors (Lipinski definition) is 4. The Morgan fingerprint density at radius 1 is 0.892 bits per heavy atom. The molecule has 0 aliphatic heterocycles. The third-order valence-electron chi connectivity index (χ3n) is 5.74. The van der Waals surface area contributed by atoms with E-state index in [4.69, 9.17) is 0 Å². The van der Waals surface area contributed by atoms with Gasteiger partial charge in [0.25, 0.3) is 10.0 Å². The molecule has 0 unspecified atom stereocenters. The molecule has 9 heteroatoms. The predicted octanol–water partition coefficient (Wildman–Crippen LogP) is 4.35. The molecule has 0 saturated carbocycles. The van der Waals surface area contributed by atoms with E-state index in [1.807, 2.05) is 44.2 Å². The minimum absolute atomic E-state index is 0.128. The highest BCUT2D eigenvalue weighted by molar-refractivity contribution is 7.92. The van der Waals surface area contributed by atoms with Crippen molar-refractivity contribution in [3.8, 4) is 0 Å². The highest BCUT2D eigenvalue weighted by Crippen LogP contribution is 2.25. The van der Waals surface area contributed by atoms with E-state index in [0.29, 0.717) is 6.42 Å². The number of rotatable bonds is 11. The fraction of sp³-hybridized carbons (Fsp3) is 0.286. The summed E-state index contributed by atoms with van der Waals surface area (Å²) in [6.07, 6.45) is 0.340. The fourth-order valence-electron chi connectivity index (χ4n) is 3.94. The lowest BCUT2D eigenvalue weighted by Gasteiger charge is -2.33. The average molecular weight is 526 g/mol. The maximum Gasteiger partial charge on any atom is 0.264 e. The zero-order chi connectivity index (χ0) is 27.0. The van der Waals surface area contributed by atoms with Gasteiger partial charge in [0.1, 0.15) is 18.4 Å². The summed E-state index contributed by atoms with van der Waals surface area (Å²) >= 11 is 0. The number of sulfonamides is 1. The molecule has 3 aromatic carbocycles. The number of carbonyl (C=O) groups excluding carboxylic acids is 2. The zero-order valence-electron chi connectivity index (χ0n) is 21.2. The molecule has 0 heterocycles. The van der Waals surface area contributed by atoms with Gasteiger partial charge < -0.3 is 10.2 Å². The Balaban J connectivity index is 2.02. The number of benzene rings is 3. The van der Waals surface area contributed by atoms with Gasteiger partial charge in [0.05, 0.1) is 10.6 Å². The molecule has 0 fully saturated rings. The van der Waals surface area contributed by atoms with Crippen LogP contribution in [-0.2, 0) is 26.2 Å². The molecule has 3 aromatic rings. The Morgan fingerprint density at radius 3 is 2.00 bits per heavy atom. The lowest BCUT2D eigenvalue weighted by molar-refractivity contribution is -0.140. The smallest absolute Gasteiger partial charge is 0.264 e. The highest BCUT2D eigenvalue weighted by atomic mass is 32.2. The number of amides is 2. The van der Waals surface area contributed by atoms with Crippen molar-refractivity contribution in [2.75, 3.05) is 10.8 Å². The van der Waals surface area contributed by atoms with Gasteiger partial charge in [0.15, 0.2) is 0 Å². The van der Waals surface area contributed by atoms with Crippen molar-refractivity contribution >= 4 is 27.5 Å². The van der Waals surface area contributed by atoms with Gasteiger partial charge in [-0.05, 0) is 62.2 Å². The van der Waals surface area contributed by atoms with E-state index in [1.54, 1.807) is 37.3 Å². The monoisotopic (exact) mass is 525 g/mol. The van der Waals surface area contributed by atoms with Gasteiger partial charge in [-0.1, -0.05) is 55.5 Å². The van der Waals surface area contributed by atoms with Crippen LogP contribution in [0.15, 0.2) is 89.8 Å². The number of anilines is 1. The molecule has 1 atom stereocenters. The molecular formula is C28H32FN3O4S. The molecule has 0 saturated heterocycles. The third-order valence-corrected chi connectivity index (χ3v) is 7.53. The minimum atomic E-state index is -4.23. The van der Waals surface area contributed by atoms with Crippen LogP contribution >= 0.6 is 0 Å². The Labute approximate surface area is 218 Å². The third kappa shape index (κ3) is 7.16.